The number of nitrogens with zero attached hydrogens (tertiary/aromatic N) is 3. The first-order valence-electron chi connectivity index (χ1n) is 12.2. The third-order valence-electron chi connectivity index (χ3n) is 6.68. The second-order valence-corrected chi connectivity index (χ2v) is 10.4. The Morgan fingerprint density at radius 3 is 2.38 bits per heavy atom. The molecule has 0 unspecified atom stereocenters. The number of benzene rings is 1. The van der Waals surface area contributed by atoms with E-state index in [0.717, 1.165) is 42.9 Å². The molecule has 7 nitrogen and oxygen atoms in total. The van der Waals surface area contributed by atoms with E-state index in [4.69, 9.17) is 4.74 Å². The summed E-state index contributed by atoms with van der Waals surface area (Å²) in [7, 11) is 0. The molecular formula is C27H36N4O3. The SMILES string of the molecule is Cc1ncccc1N1CC[C@H](C(=O)Nc2ccc(C3CCN(C(=O)OC(C)(C)C)CC3)cc2)C1. The van der Waals surface area contributed by atoms with Crippen molar-refractivity contribution in [1.29, 1.82) is 0 Å². The summed E-state index contributed by atoms with van der Waals surface area (Å²) in [6, 6.07) is 12.2. The number of likely N-dealkylation sites (tertiary alicyclic amines) is 1. The van der Waals surface area contributed by atoms with Gasteiger partial charge in [0.25, 0.3) is 0 Å². The van der Waals surface area contributed by atoms with Crippen molar-refractivity contribution >= 4 is 23.4 Å². The molecule has 0 bridgehead atoms. The Morgan fingerprint density at radius 2 is 1.74 bits per heavy atom. The van der Waals surface area contributed by atoms with Crippen LogP contribution in [0.1, 0.15) is 57.2 Å². The van der Waals surface area contributed by atoms with Crippen LogP contribution in [0.4, 0.5) is 16.2 Å². The summed E-state index contributed by atoms with van der Waals surface area (Å²) in [5.41, 5.74) is 3.72. The number of carbonyl (C=O) groups is 2. The fraction of sp³-hybridized carbons (Fsp3) is 0.519. The van der Waals surface area contributed by atoms with E-state index in [1.54, 1.807) is 11.1 Å². The maximum absolute atomic E-state index is 12.9. The Labute approximate surface area is 202 Å². The van der Waals surface area contributed by atoms with E-state index < -0.39 is 5.60 Å². The molecular weight excluding hydrogens is 428 g/mol. The summed E-state index contributed by atoms with van der Waals surface area (Å²) in [4.78, 5) is 33.6. The summed E-state index contributed by atoms with van der Waals surface area (Å²) < 4.78 is 5.49. The fourth-order valence-electron chi connectivity index (χ4n) is 4.81. The van der Waals surface area contributed by atoms with Crippen LogP contribution in [-0.2, 0) is 9.53 Å². The number of pyridine rings is 1. The number of hydrogen-bond donors (Lipinski definition) is 1. The van der Waals surface area contributed by atoms with Gasteiger partial charge in [0.05, 0.1) is 17.3 Å². The minimum absolute atomic E-state index is 0.0311. The van der Waals surface area contributed by atoms with Crippen LogP contribution in [-0.4, -0.2) is 53.7 Å². The first-order valence-corrected chi connectivity index (χ1v) is 12.2. The summed E-state index contributed by atoms with van der Waals surface area (Å²) in [6.07, 6.45) is 4.24. The van der Waals surface area contributed by atoms with Crippen LogP contribution in [0.5, 0.6) is 0 Å². The number of nitrogens with one attached hydrogen (secondary N) is 1. The molecule has 1 N–H and O–H groups in total. The fourth-order valence-corrected chi connectivity index (χ4v) is 4.81. The van der Waals surface area contributed by atoms with E-state index in [-0.39, 0.29) is 17.9 Å². The van der Waals surface area contributed by atoms with Gasteiger partial charge in [-0.1, -0.05) is 12.1 Å². The maximum atomic E-state index is 12.9. The number of anilines is 2. The lowest BCUT2D eigenvalue weighted by atomic mass is 9.89. The van der Waals surface area contributed by atoms with Gasteiger partial charge in [-0.25, -0.2) is 4.79 Å². The molecule has 0 spiro atoms. The van der Waals surface area contributed by atoms with Gasteiger partial charge in [-0.05, 0) is 82.7 Å². The molecule has 2 aliphatic rings. The lowest BCUT2D eigenvalue weighted by molar-refractivity contribution is -0.119. The van der Waals surface area contributed by atoms with Crippen molar-refractivity contribution in [3.63, 3.8) is 0 Å². The van der Waals surface area contributed by atoms with Crippen LogP contribution >= 0.6 is 0 Å². The lowest BCUT2D eigenvalue weighted by Crippen LogP contribution is -2.41. The Bertz CT molecular complexity index is 1010. The van der Waals surface area contributed by atoms with Gasteiger partial charge in [0, 0.05) is 38.1 Å². The van der Waals surface area contributed by atoms with Crippen molar-refractivity contribution in [3.8, 4) is 0 Å². The lowest BCUT2D eigenvalue weighted by Gasteiger charge is -2.33. The van der Waals surface area contributed by atoms with E-state index in [9.17, 15) is 9.59 Å². The highest BCUT2D eigenvalue weighted by Gasteiger charge is 2.30. The number of ether oxygens (including phenoxy) is 1. The van der Waals surface area contributed by atoms with Crippen molar-refractivity contribution in [2.24, 2.45) is 5.92 Å². The third kappa shape index (κ3) is 5.88. The minimum Gasteiger partial charge on any atom is -0.444 e. The average Bonchev–Trinajstić information content (AvgIpc) is 3.29. The van der Waals surface area contributed by atoms with E-state index in [1.807, 2.05) is 45.9 Å². The molecule has 182 valence electrons. The average molecular weight is 465 g/mol. The maximum Gasteiger partial charge on any atom is 0.410 e. The van der Waals surface area contributed by atoms with Gasteiger partial charge in [0.15, 0.2) is 0 Å². The smallest absolute Gasteiger partial charge is 0.410 e. The molecule has 2 saturated heterocycles. The highest BCUT2D eigenvalue weighted by atomic mass is 16.6. The number of hydrogen-bond acceptors (Lipinski definition) is 5. The Kier molecular flexibility index (Phi) is 7.10. The third-order valence-corrected chi connectivity index (χ3v) is 6.68. The molecule has 2 aliphatic heterocycles. The highest BCUT2D eigenvalue weighted by Crippen LogP contribution is 2.30. The summed E-state index contributed by atoms with van der Waals surface area (Å²) in [5.74, 6) is 0.452. The summed E-state index contributed by atoms with van der Waals surface area (Å²) in [6.45, 7) is 10.7. The monoisotopic (exact) mass is 464 g/mol. The standard InChI is InChI=1S/C27H36N4O3/c1-19-24(6-5-14-28-19)31-17-13-22(18-31)25(32)29-23-9-7-20(8-10-23)21-11-15-30(16-12-21)26(33)34-27(2,3)4/h5-10,14,21-22H,11-13,15-18H2,1-4H3,(H,29,32)/t22-/m0/s1. The molecule has 0 aliphatic carbocycles. The van der Waals surface area contributed by atoms with Gasteiger partial charge in [-0.15, -0.1) is 0 Å². The van der Waals surface area contributed by atoms with Crippen molar-refractivity contribution in [2.75, 3.05) is 36.4 Å². The van der Waals surface area contributed by atoms with Gasteiger partial charge >= 0.3 is 6.09 Å². The minimum atomic E-state index is -0.470. The van der Waals surface area contributed by atoms with Crippen LogP contribution in [0.15, 0.2) is 42.6 Å². The molecule has 1 atom stereocenters. The number of carbonyl (C=O) groups excluding carboxylic acids is 2. The number of amides is 2. The highest BCUT2D eigenvalue weighted by molar-refractivity contribution is 5.93. The number of aryl methyl sites for hydroxylation is 1. The van der Waals surface area contributed by atoms with Crippen LogP contribution in [0.25, 0.3) is 0 Å². The quantitative estimate of drug-likeness (QED) is 0.692. The van der Waals surface area contributed by atoms with Gasteiger partial charge in [0.1, 0.15) is 5.60 Å². The first kappa shape index (κ1) is 24.0. The van der Waals surface area contributed by atoms with E-state index in [0.29, 0.717) is 25.6 Å². The van der Waals surface area contributed by atoms with Gasteiger partial charge in [-0.2, -0.15) is 0 Å². The molecule has 34 heavy (non-hydrogen) atoms. The normalized spacial score (nSPS) is 19.2. The second-order valence-electron chi connectivity index (χ2n) is 10.4. The van der Waals surface area contributed by atoms with Crippen LogP contribution in [0, 0.1) is 12.8 Å². The molecule has 0 saturated carbocycles. The topological polar surface area (TPSA) is 74.8 Å². The van der Waals surface area contributed by atoms with Crippen molar-refractivity contribution < 1.29 is 14.3 Å². The molecule has 2 fully saturated rings. The molecule has 1 aromatic heterocycles. The Hall–Kier alpha value is -3.09. The van der Waals surface area contributed by atoms with Crippen LogP contribution < -0.4 is 10.2 Å². The van der Waals surface area contributed by atoms with Crippen molar-refractivity contribution in [3.05, 3.63) is 53.9 Å². The Morgan fingerprint density at radius 1 is 1.03 bits per heavy atom. The van der Waals surface area contributed by atoms with Gasteiger partial charge in [0.2, 0.25) is 5.91 Å². The summed E-state index contributed by atoms with van der Waals surface area (Å²) >= 11 is 0. The van der Waals surface area contributed by atoms with Crippen LogP contribution in [0.2, 0.25) is 0 Å². The number of piperidine rings is 1. The van der Waals surface area contributed by atoms with E-state index >= 15 is 0 Å². The molecule has 0 radical (unpaired) electrons. The van der Waals surface area contributed by atoms with Crippen molar-refractivity contribution in [2.45, 2.75) is 58.5 Å². The largest absolute Gasteiger partial charge is 0.444 e. The van der Waals surface area contributed by atoms with Gasteiger partial charge in [-0.3, -0.25) is 9.78 Å². The zero-order valence-electron chi connectivity index (χ0n) is 20.7. The van der Waals surface area contributed by atoms with E-state index in [1.165, 1.54) is 5.56 Å². The zero-order valence-corrected chi connectivity index (χ0v) is 20.7. The number of rotatable bonds is 4. The zero-order chi connectivity index (χ0) is 24.3. The molecule has 3 heterocycles. The predicted octanol–water partition coefficient (Wildman–Crippen LogP) is 4.97. The molecule has 7 heteroatoms. The van der Waals surface area contributed by atoms with Crippen molar-refractivity contribution in [1.82, 2.24) is 9.88 Å². The molecule has 2 aromatic rings. The first-order chi connectivity index (χ1) is 16.2. The molecule has 4 rings (SSSR count). The molecule has 1 aromatic carbocycles. The second kappa shape index (κ2) is 10.0. The molecule has 2 amide bonds. The Balaban J connectivity index is 1.27. The predicted molar refractivity (Wildman–Crippen MR) is 134 cm³/mol. The van der Waals surface area contributed by atoms with E-state index in [2.05, 4.69) is 33.4 Å². The van der Waals surface area contributed by atoms with Crippen LogP contribution in [0.3, 0.4) is 0 Å². The summed E-state index contributed by atoms with van der Waals surface area (Å²) in [5, 5.41) is 3.09. The van der Waals surface area contributed by atoms with Gasteiger partial charge < -0.3 is 19.9 Å². The number of aromatic nitrogens is 1.